The van der Waals surface area contributed by atoms with E-state index in [4.69, 9.17) is 35.3 Å². The van der Waals surface area contributed by atoms with Gasteiger partial charge >= 0.3 is 12.1 Å². The molecular weight excluding hydrogens is 756 g/mol. The third-order valence-corrected chi connectivity index (χ3v) is 11.6. The Hall–Kier alpha value is -3.69. The molecule has 2 saturated heterocycles. The second-order valence-electron chi connectivity index (χ2n) is 16.9. The lowest BCUT2D eigenvalue weighted by atomic mass is 9.83. The number of ether oxygens (including phenoxy) is 5. The maximum absolute atomic E-state index is 14.2. The van der Waals surface area contributed by atoms with E-state index < -0.39 is 65.7 Å². The maximum atomic E-state index is 14.2. The Bertz CT molecular complexity index is 1700. The lowest BCUT2D eigenvalue weighted by Crippen LogP contribution is -2.63. The predicted octanol–water partition coefficient (Wildman–Crippen LogP) is 5.46. The summed E-state index contributed by atoms with van der Waals surface area (Å²) in [6.07, 6.45) is 3.72. The van der Waals surface area contributed by atoms with Gasteiger partial charge in [-0.1, -0.05) is 48.7 Å². The van der Waals surface area contributed by atoms with Crippen LogP contribution in [0.1, 0.15) is 92.6 Å². The molecule has 0 aliphatic carbocycles. The van der Waals surface area contributed by atoms with Crippen molar-refractivity contribution in [3.8, 4) is 5.75 Å². The first-order chi connectivity index (χ1) is 26.6. The number of alkyl carbamates (subject to hydrolysis) is 1. The molecule has 3 heterocycles. The number of hydrogen-bond donors (Lipinski definition) is 3. The minimum Gasteiger partial charge on any atom is -0.495 e. The highest BCUT2D eigenvalue weighted by molar-refractivity contribution is 6.35. The first-order valence-electron chi connectivity index (χ1n) is 19.7. The highest BCUT2D eigenvalue weighted by Gasteiger charge is 2.64. The zero-order valence-electron chi connectivity index (χ0n) is 35.4. The topological polar surface area (TPSA) is 168 Å². The van der Waals surface area contributed by atoms with Crippen molar-refractivity contribution in [1.82, 2.24) is 15.5 Å². The third-order valence-electron chi connectivity index (χ3n) is 11.2. The molecule has 8 atom stereocenters. The number of anilines is 1. The number of methoxy groups -OCH3 is 2. The molecule has 57 heavy (non-hydrogen) atoms. The van der Waals surface area contributed by atoms with Crippen molar-refractivity contribution < 1.29 is 48.0 Å². The fourth-order valence-corrected chi connectivity index (χ4v) is 7.75. The van der Waals surface area contributed by atoms with E-state index in [0.717, 1.165) is 30.5 Å². The molecule has 3 aliphatic heterocycles. The van der Waals surface area contributed by atoms with Crippen LogP contribution in [0.5, 0.6) is 5.75 Å². The highest BCUT2D eigenvalue weighted by Crippen LogP contribution is 2.49. The van der Waals surface area contributed by atoms with Gasteiger partial charge in [0, 0.05) is 45.5 Å². The monoisotopic (exact) mass is 818 g/mol. The zero-order chi connectivity index (χ0) is 42.5. The van der Waals surface area contributed by atoms with Crippen LogP contribution in [-0.4, -0.2) is 116 Å². The van der Waals surface area contributed by atoms with E-state index in [1.807, 2.05) is 19.9 Å². The van der Waals surface area contributed by atoms with Crippen LogP contribution in [0.15, 0.2) is 35.9 Å². The van der Waals surface area contributed by atoms with E-state index >= 15 is 0 Å². The van der Waals surface area contributed by atoms with Crippen LogP contribution in [0, 0.1) is 5.92 Å². The SMILES string of the molecule is COc1cc2cc(c1Cl)N(C)C(=O)C[C@H](OC(=O)[C@H](C)N(C)C(=O)CCCCCNC(C)(C)C)[C@]1(C)O[C@H]1[C@H](C)[C@@H]1C[C@@](O)(NC(=O)O1)[C@H](OC)/C=C/C=C(\C)C2. The average Bonchev–Trinajstić information content (AvgIpc) is 3.84. The maximum Gasteiger partial charge on any atom is 0.409 e. The molecule has 15 heteroatoms. The molecule has 0 aromatic heterocycles. The molecule has 318 valence electrons. The first-order valence-corrected chi connectivity index (χ1v) is 20.1. The van der Waals surface area contributed by atoms with Crippen molar-refractivity contribution in [2.24, 2.45) is 5.92 Å². The zero-order valence-corrected chi connectivity index (χ0v) is 36.2. The summed E-state index contributed by atoms with van der Waals surface area (Å²) in [5.41, 5.74) is -0.872. The number of carbonyl (C=O) groups excluding carboxylic acids is 4. The van der Waals surface area contributed by atoms with Gasteiger partial charge < -0.3 is 43.9 Å². The van der Waals surface area contributed by atoms with E-state index in [2.05, 4.69) is 31.4 Å². The van der Waals surface area contributed by atoms with Gasteiger partial charge in [-0.25, -0.2) is 9.59 Å². The lowest BCUT2D eigenvalue weighted by Gasteiger charge is -2.42. The number of aliphatic hydroxyl groups is 1. The van der Waals surface area contributed by atoms with Crippen molar-refractivity contribution in [3.05, 3.63) is 46.5 Å². The Morgan fingerprint density at radius 1 is 1.19 bits per heavy atom. The summed E-state index contributed by atoms with van der Waals surface area (Å²) < 4.78 is 29.4. The van der Waals surface area contributed by atoms with E-state index in [-0.39, 0.29) is 35.7 Å². The highest BCUT2D eigenvalue weighted by atomic mass is 35.5. The molecule has 3 aliphatic rings. The van der Waals surface area contributed by atoms with Crippen LogP contribution in [-0.2, 0) is 39.8 Å². The van der Waals surface area contributed by atoms with Gasteiger partial charge in [0.25, 0.3) is 0 Å². The Morgan fingerprint density at radius 2 is 1.89 bits per heavy atom. The molecule has 0 radical (unpaired) electrons. The fraction of sp³-hybridized carbons (Fsp3) is 0.667. The summed E-state index contributed by atoms with van der Waals surface area (Å²) in [5, 5.41) is 18.0. The number of nitrogens with zero attached hydrogens (tertiary/aromatic N) is 2. The summed E-state index contributed by atoms with van der Waals surface area (Å²) in [7, 11) is 6.08. The number of epoxide rings is 1. The molecule has 0 spiro atoms. The average molecular weight is 819 g/mol. The summed E-state index contributed by atoms with van der Waals surface area (Å²) in [6, 6.07) is 2.64. The normalized spacial score (nSPS) is 30.2. The molecule has 4 bridgehead atoms. The number of hydrogen-bond acceptors (Lipinski definition) is 11. The van der Waals surface area contributed by atoms with Gasteiger partial charge in [0.1, 0.15) is 40.7 Å². The Kier molecular flexibility index (Phi) is 15.3. The van der Waals surface area contributed by atoms with Gasteiger partial charge in [-0.3, -0.25) is 14.9 Å². The summed E-state index contributed by atoms with van der Waals surface area (Å²) in [6.45, 7) is 14.2. The van der Waals surface area contributed by atoms with Gasteiger partial charge in [0.15, 0.2) is 5.72 Å². The smallest absolute Gasteiger partial charge is 0.409 e. The Labute approximate surface area is 342 Å². The number of allylic oxidation sites excluding steroid dienone is 3. The lowest BCUT2D eigenvalue weighted by molar-refractivity contribution is -0.162. The number of amides is 3. The van der Waals surface area contributed by atoms with Gasteiger partial charge in [0.05, 0.1) is 25.3 Å². The van der Waals surface area contributed by atoms with Crippen LogP contribution in [0.4, 0.5) is 10.5 Å². The van der Waals surface area contributed by atoms with E-state index in [0.29, 0.717) is 24.3 Å². The molecule has 0 unspecified atom stereocenters. The molecular formula is C42H63ClN4O10. The molecule has 0 saturated carbocycles. The number of rotatable bonds is 11. The van der Waals surface area contributed by atoms with Crippen molar-refractivity contribution in [3.63, 3.8) is 0 Å². The van der Waals surface area contributed by atoms with Crippen LogP contribution >= 0.6 is 11.6 Å². The summed E-state index contributed by atoms with van der Waals surface area (Å²) in [4.78, 5) is 56.9. The van der Waals surface area contributed by atoms with E-state index in [1.54, 1.807) is 52.2 Å². The Balaban J connectivity index is 1.64. The number of benzene rings is 1. The second kappa shape index (κ2) is 18.9. The third kappa shape index (κ3) is 11.5. The molecule has 14 nitrogen and oxygen atoms in total. The van der Waals surface area contributed by atoms with Crippen LogP contribution in [0.3, 0.4) is 0 Å². The van der Waals surface area contributed by atoms with Gasteiger partial charge in [-0.15, -0.1) is 0 Å². The fourth-order valence-electron chi connectivity index (χ4n) is 7.44. The van der Waals surface area contributed by atoms with E-state index in [1.165, 1.54) is 24.0 Å². The van der Waals surface area contributed by atoms with Crippen molar-refractivity contribution in [2.45, 2.75) is 141 Å². The molecule has 3 amide bonds. The molecule has 2 fully saturated rings. The molecule has 1 aromatic rings. The minimum atomic E-state index is -1.83. The number of halogens is 1. The number of fused-ring (bicyclic) bond motifs is 5. The van der Waals surface area contributed by atoms with Crippen LogP contribution in [0.2, 0.25) is 5.02 Å². The molecule has 4 rings (SSSR count). The van der Waals surface area contributed by atoms with Gasteiger partial charge in [-0.05, 0) is 85.0 Å². The first kappa shape index (κ1) is 46.0. The summed E-state index contributed by atoms with van der Waals surface area (Å²) >= 11 is 6.79. The van der Waals surface area contributed by atoms with Gasteiger partial charge in [0.2, 0.25) is 11.8 Å². The van der Waals surface area contributed by atoms with E-state index in [9.17, 15) is 24.3 Å². The Morgan fingerprint density at radius 3 is 2.54 bits per heavy atom. The molecule has 3 N–H and O–H groups in total. The number of nitrogens with one attached hydrogen (secondary N) is 2. The van der Waals surface area contributed by atoms with Gasteiger partial charge in [-0.2, -0.15) is 0 Å². The number of unbranched alkanes of at least 4 members (excludes halogenated alkanes) is 2. The van der Waals surface area contributed by atoms with Crippen molar-refractivity contribution in [1.29, 1.82) is 0 Å². The quantitative estimate of drug-likeness (QED) is 0.147. The van der Waals surface area contributed by atoms with Crippen molar-refractivity contribution >= 4 is 41.2 Å². The number of likely N-dealkylation sites (N-methyl/N-ethyl adjacent to an activating group) is 1. The largest absolute Gasteiger partial charge is 0.495 e. The van der Waals surface area contributed by atoms with Crippen molar-refractivity contribution in [2.75, 3.05) is 39.8 Å². The molecule has 1 aromatic carbocycles. The predicted molar refractivity (Wildman–Crippen MR) is 217 cm³/mol. The standard InChI is InChI=1S/C42H63ClN4O10/c1-25-16-15-17-32(54-11)42(52)24-31(55-39(51)45-42)26(2)37-41(7,57-37)33(23-35(49)47(9)29-21-28(20-25)22-30(53-10)36(29)43)56-38(50)27(3)46(8)34(48)18-13-12-14-19-44-40(4,5)6/h15-17,21-22,26-27,31-33,37,44,52H,12-14,18-20,23-24H2,1-11H3,(H,45,51)/b17-15+,25-16+/t26-,27+,31+,32-,33+,37+,41+,42+/m1/s1. The van der Waals surface area contributed by atoms with Crippen LogP contribution in [0.25, 0.3) is 0 Å². The number of carbonyl (C=O) groups is 4. The second-order valence-corrected chi connectivity index (χ2v) is 17.3. The van der Waals surface area contributed by atoms with Crippen LogP contribution < -0.4 is 20.3 Å². The minimum absolute atomic E-state index is 0.0232. The summed E-state index contributed by atoms with van der Waals surface area (Å²) in [5.74, 6) is -1.47. The number of esters is 1.